The van der Waals surface area contributed by atoms with E-state index >= 15 is 0 Å². The molecule has 1 fully saturated rings. The molecule has 1 heterocycles. The Labute approximate surface area is 195 Å². The fraction of sp³-hybridized carbons (Fsp3) is 0.455. The van der Waals surface area contributed by atoms with E-state index in [1.165, 1.54) is 12.8 Å². The van der Waals surface area contributed by atoms with E-state index in [4.69, 9.17) is 19.9 Å². The Hall–Kier alpha value is -2.23. The molecule has 0 spiro atoms. The molecule has 1 aliphatic carbocycles. The lowest BCUT2D eigenvalue weighted by atomic mass is 10.1. The summed E-state index contributed by atoms with van der Waals surface area (Å²) in [5.41, 5.74) is 8.11. The second-order valence-electron chi connectivity index (χ2n) is 7.06. The third kappa shape index (κ3) is 6.93. The molecule has 8 heteroatoms. The summed E-state index contributed by atoms with van der Waals surface area (Å²) in [6.07, 6.45) is 7.45. The molecule has 1 aliphatic rings. The summed E-state index contributed by atoms with van der Waals surface area (Å²) >= 11 is 0. The number of guanidine groups is 1. The van der Waals surface area contributed by atoms with E-state index in [9.17, 15) is 0 Å². The van der Waals surface area contributed by atoms with Crippen LogP contribution in [0, 0.1) is 0 Å². The summed E-state index contributed by atoms with van der Waals surface area (Å²) in [6, 6.07) is 9.76. The molecule has 7 nitrogen and oxygen atoms in total. The van der Waals surface area contributed by atoms with Gasteiger partial charge in [-0.3, -0.25) is 0 Å². The van der Waals surface area contributed by atoms with Crippen molar-refractivity contribution in [2.75, 3.05) is 20.8 Å². The topological polar surface area (TPSA) is 91.0 Å². The van der Waals surface area contributed by atoms with Crippen LogP contribution in [0.4, 0.5) is 0 Å². The molecule has 3 N–H and O–H groups in total. The van der Waals surface area contributed by atoms with E-state index in [0.29, 0.717) is 24.9 Å². The van der Waals surface area contributed by atoms with Crippen molar-refractivity contribution >= 4 is 29.9 Å². The molecule has 1 aromatic heterocycles. The first kappa shape index (κ1) is 24.0. The van der Waals surface area contributed by atoms with Gasteiger partial charge in [0.1, 0.15) is 6.10 Å². The smallest absolute Gasteiger partial charge is 0.218 e. The Morgan fingerprint density at radius 2 is 1.93 bits per heavy atom. The molecule has 3 rings (SSSR count). The lowest BCUT2D eigenvalue weighted by Crippen LogP contribution is -2.33. The Morgan fingerprint density at radius 3 is 2.67 bits per heavy atom. The van der Waals surface area contributed by atoms with E-state index < -0.39 is 0 Å². The first-order chi connectivity index (χ1) is 14.2. The van der Waals surface area contributed by atoms with Gasteiger partial charge in [0.15, 0.2) is 17.5 Å². The molecule has 0 bridgehead atoms. The number of pyridine rings is 1. The van der Waals surface area contributed by atoms with Crippen LogP contribution < -0.4 is 25.3 Å². The van der Waals surface area contributed by atoms with Crippen LogP contribution in [0.25, 0.3) is 0 Å². The average molecular weight is 526 g/mol. The third-order valence-corrected chi connectivity index (χ3v) is 5.02. The summed E-state index contributed by atoms with van der Waals surface area (Å²) in [7, 11) is 3.26. The molecule has 30 heavy (non-hydrogen) atoms. The van der Waals surface area contributed by atoms with Gasteiger partial charge < -0.3 is 25.3 Å². The maximum atomic E-state index is 6.05. The summed E-state index contributed by atoms with van der Waals surface area (Å²) in [5, 5.41) is 3.15. The van der Waals surface area contributed by atoms with Crippen molar-refractivity contribution in [3.63, 3.8) is 0 Å². The molecule has 164 valence electrons. The first-order valence-corrected chi connectivity index (χ1v) is 10.0. The zero-order valence-corrected chi connectivity index (χ0v) is 19.9. The van der Waals surface area contributed by atoms with Crippen LogP contribution in [-0.2, 0) is 13.0 Å². The van der Waals surface area contributed by atoms with Crippen LogP contribution in [0.3, 0.4) is 0 Å². The molecule has 0 amide bonds. The van der Waals surface area contributed by atoms with Gasteiger partial charge in [-0.1, -0.05) is 12.1 Å². The maximum absolute atomic E-state index is 6.05. The predicted octanol–water partition coefficient (Wildman–Crippen LogP) is 3.69. The molecule has 0 saturated heterocycles. The minimum Gasteiger partial charge on any atom is -0.493 e. The number of rotatable bonds is 9. The van der Waals surface area contributed by atoms with Crippen molar-refractivity contribution < 1.29 is 14.2 Å². The monoisotopic (exact) mass is 526 g/mol. The van der Waals surface area contributed by atoms with Crippen LogP contribution in [0.1, 0.15) is 36.8 Å². The number of hydrogen-bond acceptors (Lipinski definition) is 5. The normalized spacial score (nSPS) is 14.1. The second kappa shape index (κ2) is 12.5. The van der Waals surface area contributed by atoms with Gasteiger partial charge in [0.25, 0.3) is 0 Å². The van der Waals surface area contributed by atoms with Crippen LogP contribution in [0.15, 0.2) is 41.5 Å². The second-order valence-corrected chi connectivity index (χ2v) is 7.06. The molecule has 0 unspecified atom stereocenters. The van der Waals surface area contributed by atoms with Gasteiger partial charge in [-0.2, -0.15) is 0 Å². The Bertz CT molecular complexity index is 826. The minimum atomic E-state index is 0. The number of ether oxygens (including phenoxy) is 3. The molecule has 2 aromatic rings. The number of aromatic nitrogens is 1. The Balaban J connectivity index is 0.00000320. The van der Waals surface area contributed by atoms with Crippen molar-refractivity contribution in [3.8, 4) is 17.4 Å². The quantitative estimate of drug-likeness (QED) is 0.294. The SMILES string of the molecule is COc1ccc(CCNC(N)=NCc2cccnc2OC2CCCC2)cc1OC.I. The Morgan fingerprint density at radius 1 is 1.17 bits per heavy atom. The van der Waals surface area contributed by atoms with Gasteiger partial charge in [0, 0.05) is 18.3 Å². The summed E-state index contributed by atoms with van der Waals surface area (Å²) in [5.74, 6) is 2.51. The van der Waals surface area contributed by atoms with E-state index in [2.05, 4.69) is 15.3 Å². The fourth-order valence-electron chi connectivity index (χ4n) is 3.41. The summed E-state index contributed by atoms with van der Waals surface area (Å²) in [4.78, 5) is 8.82. The van der Waals surface area contributed by atoms with Crippen molar-refractivity contribution in [1.29, 1.82) is 0 Å². The van der Waals surface area contributed by atoms with Gasteiger partial charge in [0.2, 0.25) is 5.88 Å². The van der Waals surface area contributed by atoms with E-state index in [-0.39, 0.29) is 30.1 Å². The standard InChI is InChI=1S/C22H30N4O3.HI/c1-27-19-10-9-16(14-20(19)28-2)11-13-25-22(23)26-15-17-6-5-12-24-21(17)29-18-7-3-4-8-18;/h5-6,9-10,12,14,18H,3-4,7-8,11,13,15H2,1-2H3,(H3,23,25,26);1H. The highest BCUT2D eigenvalue weighted by Gasteiger charge is 2.18. The number of hydrogen-bond donors (Lipinski definition) is 2. The first-order valence-electron chi connectivity index (χ1n) is 10.0. The van der Waals surface area contributed by atoms with Crippen molar-refractivity contribution in [2.45, 2.75) is 44.8 Å². The summed E-state index contributed by atoms with van der Waals surface area (Å²) in [6.45, 7) is 1.11. The third-order valence-electron chi connectivity index (χ3n) is 5.02. The van der Waals surface area contributed by atoms with Crippen molar-refractivity contribution in [1.82, 2.24) is 10.3 Å². The van der Waals surface area contributed by atoms with Crippen LogP contribution in [-0.4, -0.2) is 37.8 Å². The number of nitrogens with one attached hydrogen (secondary N) is 1. The molecule has 1 saturated carbocycles. The lowest BCUT2D eigenvalue weighted by molar-refractivity contribution is 0.199. The van der Waals surface area contributed by atoms with Gasteiger partial charge in [-0.25, -0.2) is 9.98 Å². The number of benzene rings is 1. The van der Waals surface area contributed by atoms with Crippen LogP contribution in [0.5, 0.6) is 17.4 Å². The molecule has 1 aromatic carbocycles. The van der Waals surface area contributed by atoms with Crippen LogP contribution in [0.2, 0.25) is 0 Å². The highest BCUT2D eigenvalue weighted by molar-refractivity contribution is 14.0. The number of nitrogens with two attached hydrogens (primary N) is 1. The van der Waals surface area contributed by atoms with Gasteiger partial charge in [-0.05, 0) is 55.9 Å². The van der Waals surface area contributed by atoms with E-state index in [1.807, 2.05) is 30.3 Å². The zero-order chi connectivity index (χ0) is 20.5. The number of methoxy groups -OCH3 is 2. The predicted molar refractivity (Wildman–Crippen MR) is 129 cm³/mol. The molecule has 0 radical (unpaired) electrons. The molecular formula is C22H31IN4O3. The number of halogens is 1. The zero-order valence-electron chi connectivity index (χ0n) is 17.6. The largest absolute Gasteiger partial charge is 0.493 e. The van der Waals surface area contributed by atoms with Gasteiger partial charge in [0.05, 0.1) is 20.8 Å². The van der Waals surface area contributed by atoms with Crippen molar-refractivity contribution in [3.05, 3.63) is 47.7 Å². The molecule has 0 atom stereocenters. The van der Waals surface area contributed by atoms with Gasteiger partial charge in [-0.15, -0.1) is 24.0 Å². The van der Waals surface area contributed by atoms with E-state index in [0.717, 1.165) is 41.9 Å². The van der Waals surface area contributed by atoms with Crippen molar-refractivity contribution in [2.24, 2.45) is 10.7 Å². The lowest BCUT2D eigenvalue weighted by Gasteiger charge is -2.14. The Kier molecular flexibility index (Phi) is 9.99. The number of aliphatic imine (C=N–C) groups is 1. The fourth-order valence-corrected chi connectivity index (χ4v) is 3.41. The molecular weight excluding hydrogens is 495 g/mol. The summed E-state index contributed by atoms with van der Waals surface area (Å²) < 4.78 is 16.7. The van der Waals surface area contributed by atoms with Crippen LogP contribution >= 0.6 is 24.0 Å². The maximum Gasteiger partial charge on any atom is 0.218 e. The van der Waals surface area contributed by atoms with Gasteiger partial charge >= 0.3 is 0 Å². The van der Waals surface area contributed by atoms with E-state index in [1.54, 1.807) is 20.4 Å². The highest BCUT2D eigenvalue weighted by atomic mass is 127. The number of nitrogens with zero attached hydrogens (tertiary/aromatic N) is 2. The average Bonchev–Trinajstić information content (AvgIpc) is 3.26. The molecule has 0 aliphatic heterocycles. The highest BCUT2D eigenvalue weighted by Crippen LogP contribution is 2.27. The minimum absolute atomic E-state index is 0.